The van der Waals surface area contributed by atoms with Gasteiger partial charge in [-0.2, -0.15) is 4.57 Å². The van der Waals surface area contributed by atoms with Gasteiger partial charge < -0.3 is 4.55 Å². The number of fused-ring (bicyclic) bond motifs is 5. The van der Waals surface area contributed by atoms with Gasteiger partial charge in [-0.15, -0.1) is 0 Å². The van der Waals surface area contributed by atoms with Crippen molar-refractivity contribution >= 4 is 53.2 Å². The highest BCUT2D eigenvalue weighted by Gasteiger charge is 2.20. The zero-order valence-corrected chi connectivity index (χ0v) is 16.1. The SMILES string of the molecule is Cc1sc2ccc3c4ccccc4ccc3c2[n+]1CCCCS(=O)(=O)[O-]. The van der Waals surface area contributed by atoms with Gasteiger partial charge in [-0.05, 0) is 34.7 Å². The van der Waals surface area contributed by atoms with Gasteiger partial charge in [0.15, 0.2) is 0 Å². The van der Waals surface area contributed by atoms with Crippen LogP contribution in [0.2, 0.25) is 0 Å². The molecule has 0 unspecified atom stereocenters. The number of rotatable bonds is 5. The lowest BCUT2D eigenvalue weighted by atomic mass is 10.0. The van der Waals surface area contributed by atoms with Crippen LogP contribution in [0.4, 0.5) is 0 Å². The molecule has 3 aromatic carbocycles. The average molecular weight is 386 g/mol. The first kappa shape index (κ1) is 17.4. The first-order chi connectivity index (χ1) is 12.4. The largest absolute Gasteiger partial charge is 0.748 e. The maximum atomic E-state index is 10.8. The lowest BCUT2D eigenvalue weighted by molar-refractivity contribution is -0.672. The molecule has 0 spiro atoms. The molecular formula is C20H19NO3S2. The topological polar surface area (TPSA) is 61.1 Å². The smallest absolute Gasteiger partial charge is 0.235 e. The lowest BCUT2D eigenvalue weighted by Crippen LogP contribution is -2.35. The third-order valence-electron chi connectivity index (χ3n) is 4.79. The quantitative estimate of drug-likeness (QED) is 0.225. The molecule has 4 rings (SSSR count). The molecule has 1 heterocycles. The fourth-order valence-electron chi connectivity index (χ4n) is 3.60. The lowest BCUT2D eigenvalue weighted by Gasteiger charge is -2.06. The number of aromatic nitrogens is 1. The normalized spacial score (nSPS) is 12.4. The van der Waals surface area contributed by atoms with Crippen LogP contribution in [0.25, 0.3) is 31.8 Å². The molecule has 0 aliphatic rings. The summed E-state index contributed by atoms with van der Waals surface area (Å²) in [6, 6.07) is 17.0. The fraction of sp³-hybridized carbons (Fsp3) is 0.250. The Kier molecular flexibility index (Phi) is 4.42. The minimum atomic E-state index is -4.13. The Balaban J connectivity index is 1.81. The minimum absolute atomic E-state index is 0.292. The van der Waals surface area contributed by atoms with Gasteiger partial charge in [-0.1, -0.05) is 47.7 Å². The molecule has 0 N–H and O–H groups in total. The van der Waals surface area contributed by atoms with Gasteiger partial charge >= 0.3 is 0 Å². The second-order valence-electron chi connectivity index (χ2n) is 6.54. The van der Waals surface area contributed by atoms with Gasteiger partial charge in [0.2, 0.25) is 10.5 Å². The highest BCUT2D eigenvalue weighted by Crippen LogP contribution is 2.32. The van der Waals surface area contributed by atoms with Crippen LogP contribution >= 0.6 is 11.3 Å². The molecule has 0 radical (unpaired) electrons. The highest BCUT2D eigenvalue weighted by molar-refractivity contribution is 7.85. The molecule has 134 valence electrons. The van der Waals surface area contributed by atoms with E-state index in [1.807, 2.05) is 6.07 Å². The van der Waals surface area contributed by atoms with Gasteiger partial charge in [0, 0.05) is 19.1 Å². The molecular weight excluding hydrogens is 366 g/mol. The Bertz CT molecular complexity index is 1230. The Hall–Kier alpha value is -2.02. The summed E-state index contributed by atoms with van der Waals surface area (Å²) < 4.78 is 35.9. The summed E-state index contributed by atoms with van der Waals surface area (Å²) in [5.41, 5.74) is 1.20. The molecule has 0 amide bonds. The van der Waals surface area contributed by atoms with Gasteiger partial charge in [-0.25, -0.2) is 8.42 Å². The summed E-state index contributed by atoms with van der Waals surface area (Å²) in [4.78, 5) is 0. The maximum absolute atomic E-state index is 10.8. The first-order valence-corrected chi connectivity index (χ1v) is 11.0. The molecule has 0 atom stereocenters. The van der Waals surface area contributed by atoms with Crippen molar-refractivity contribution < 1.29 is 17.5 Å². The van der Waals surface area contributed by atoms with Gasteiger partial charge in [0.25, 0.3) is 0 Å². The molecule has 0 fully saturated rings. The van der Waals surface area contributed by atoms with E-state index in [0.29, 0.717) is 19.4 Å². The summed E-state index contributed by atoms with van der Waals surface area (Å²) in [5, 5.41) is 6.08. The summed E-state index contributed by atoms with van der Waals surface area (Å²) >= 11 is 1.75. The van der Waals surface area contributed by atoms with Crippen molar-refractivity contribution in [2.24, 2.45) is 0 Å². The third kappa shape index (κ3) is 3.20. The highest BCUT2D eigenvalue weighted by atomic mass is 32.2. The third-order valence-corrected chi connectivity index (χ3v) is 6.65. The van der Waals surface area contributed by atoms with E-state index >= 15 is 0 Å². The van der Waals surface area contributed by atoms with Crippen LogP contribution in [-0.2, 0) is 16.7 Å². The van der Waals surface area contributed by atoms with Crippen molar-refractivity contribution in [2.75, 3.05) is 5.75 Å². The second-order valence-corrected chi connectivity index (χ2v) is 9.29. The molecule has 0 saturated heterocycles. The number of benzene rings is 3. The number of aryl methyl sites for hydroxylation is 2. The fourth-order valence-corrected chi connectivity index (χ4v) is 5.22. The molecule has 26 heavy (non-hydrogen) atoms. The summed E-state index contributed by atoms with van der Waals surface area (Å²) in [7, 11) is -4.13. The van der Waals surface area contributed by atoms with Crippen molar-refractivity contribution in [3.63, 3.8) is 0 Å². The summed E-state index contributed by atoms with van der Waals surface area (Å²) in [6.45, 7) is 2.80. The van der Waals surface area contributed by atoms with E-state index in [1.54, 1.807) is 11.3 Å². The van der Waals surface area contributed by atoms with E-state index < -0.39 is 10.1 Å². The van der Waals surface area contributed by atoms with E-state index in [1.165, 1.54) is 36.8 Å². The number of nitrogens with zero attached hydrogens (tertiary/aromatic N) is 1. The molecule has 0 saturated carbocycles. The molecule has 4 nitrogen and oxygen atoms in total. The predicted octanol–water partition coefficient (Wildman–Crippen LogP) is 4.13. The zero-order chi connectivity index (χ0) is 18.3. The van der Waals surface area contributed by atoms with Crippen LogP contribution in [0.15, 0.2) is 48.5 Å². The van der Waals surface area contributed by atoms with E-state index in [0.717, 1.165) is 0 Å². The molecule has 1 aromatic heterocycles. The summed E-state index contributed by atoms with van der Waals surface area (Å²) in [6.07, 6.45) is 1.06. The second kappa shape index (κ2) is 6.61. The van der Waals surface area contributed by atoms with Gasteiger partial charge in [0.1, 0.15) is 11.2 Å². The molecule has 0 aliphatic carbocycles. The van der Waals surface area contributed by atoms with Crippen molar-refractivity contribution in [3.8, 4) is 0 Å². The molecule has 0 bridgehead atoms. The Morgan fingerprint density at radius 2 is 1.73 bits per heavy atom. The van der Waals surface area contributed by atoms with Crippen LogP contribution < -0.4 is 4.57 Å². The van der Waals surface area contributed by atoms with Gasteiger partial charge in [0.05, 0.1) is 15.5 Å². The molecule has 6 heteroatoms. The van der Waals surface area contributed by atoms with E-state index in [-0.39, 0.29) is 5.75 Å². The Labute approximate surface area is 156 Å². The molecule has 4 aromatic rings. The zero-order valence-electron chi connectivity index (χ0n) is 14.4. The summed E-state index contributed by atoms with van der Waals surface area (Å²) in [5.74, 6) is -0.292. The Morgan fingerprint density at radius 1 is 0.962 bits per heavy atom. The van der Waals surface area contributed by atoms with E-state index in [4.69, 9.17) is 0 Å². The van der Waals surface area contributed by atoms with Crippen LogP contribution in [0.1, 0.15) is 17.8 Å². The van der Waals surface area contributed by atoms with Crippen molar-refractivity contribution in [1.29, 1.82) is 0 Å². The van der Waals surface area contributed by atoms with Gasteiger partial charge in [-0.3, -0.25) is 0 Å². The monoisotopic (exact) mass is 385 g/mol. The van der Waals surface area contributed by atoms with Crippen molar-refractivity contribution in [2.45, 2.75) is 26.3 Å². The van der Waals surface area contributed by atoms with Crippen LogP contribution in [0.3, 0.4) is 0 Å². The van der Waals surface area contributed by atoms with E-state index in [9.17, 15) is 13.0 Å². The predicted molar refractivity (Wildman–Crippen MR) is 106 cm³/mol. The van der Waals surface area contributed by atoms with Crippen LogP contribution in [0.5, 0.6) is 0 Å². The van der Waals surface area contributed by atoms with Crippen molar-refractivity contribution in [3.05, 3.63) is 53.5 Å². The Morgan fingerprint density at radius 3 is 2.54 bits per heavy atom. The van der Waals surface area contributed by atoms with Crippen LogP contribution in [0, 0.1) is 6.92 Å². The average Bonchev–Trinajstić information content (AvgIpc) is 2.93. The number of hydrogen-bond donors (Lipinski definition) is 0. The van der Waals surface area contributed by atoms with Crippen LogP contribution in [-0.4, -0.2) is 18.7 Å². The first-order valence-electron chi connectivity index (χ1n) is 8.61. The van der Waals surface area contributed by atoms with Crippen molar-refractivity contribution in [1.82, 2.24) is 0 Å². The van der Waals surface area contributed by atoms with E-state index in [2.05, 4.69) is 54.0 Å². The molecule has 0 aliphatic heterocycles. The number of thiazole rings is 1. The maximum Gasteiger partial charge on any atom is 0.235 e. The standard InChI is InChI=1S/C20H19NO3S2/c1-14-21(12-4-5-13-26(22,23)24)20-18-9-8-15-6-2-3-7-16(15)17(18)10-11-19(20)25-14/h2-3,6-11H,4-5,12-13H2,1H3. The minimum Gasteiger partial charge on any atom is -0.748 e. The number of hydrogen-bond acceptors (Lipinski definition) is 4. The number of unbranched alkanes of at least 4 members (excludes halogenated alkanes) is 1.